The van der Waals surface area contributed by atoms with Crippen molar-refractivity contribution in [2.75, 3.05) is 7.05 Å². The Kier molecular flexibility index (Phi) is 5.38. The van der Waals surface area contributed by atoms with E-state index in [4.69, 9.17) is 0 Å². The predicted molar refractivity (Wildman–Crippen MR) is 106 cm³/mol. The van der Waals surface area contributed by atoms with Gasteiger partial charge < -0.3 is 10.0 Å². The van der Waals surface area contributed by atoms with Crippen LogP contribution in [-0.2, 0) is 6.54 Å². The lowest BCUT2D eigenvalue weighted by atomic mass is 10.0. The fourth-order valence-electron chi connectivity index (χ4n) is 2.65. The van der Waals surface area contributed by atoms with Crippen LogP contribution in [0.25, 0.3) is 11.1 Å². The van der Waals surface area contributed by atoms with E-state index < -0.39 is 0 Å². The molecule has 3 rings (SSSR count). The van der Waals surface area contributed by atoms with Crippen molar-refractivity contribution in [2.45, 2.75) is 26.3 Å². The maximum absolute atomic E-state index is 12.7. The predicted octanol–water partition coefficient (Wildman–Crippen LogP) is 4.91. The molecular weight excluding hydrogens is 344 g/mol. The first kappa shape index (κ1) is 18.1. The second kappa shape index (κ2) is 7.70. The Morgan fingerprint density at radius 3 is 2.19 bits per heavy atom. The quantitative estimate of drug-likeness (QED) is 0.698. The van der Waals surface area contributed by atoms with Crippen LogP contribution in [0.3, 0.4) is 0 Å². The molecule has 3 aromatic rings. The summed E-state index contributed by atoms with van der Waals surface area (Å²) in [6.07, 6.45) is 0. The number of phenols is 1. The minimum absolute atomic E-state index is 0.0265. The van der Waals surface area contributed by atoms with Gasteiger partial charge in [0.05, 0.1) is 17.2 Å². The first-order chi connectivity index (χ1) is 12.4. The van der Waals surface area contributed by atoms with Gasteiger partial charge in [-0.15, -0.1) is 11.3 Å². The Labute approximate surface area is 157 Å². The number of aromatic hydroxyl groups is 1. The molecule has 26 heavy (non-hydrogen) atoms. The van der Waals surface area contributed by atoms with Crippen LogP contribution < -0.4 is 0 Å². The topological polar surface area (TPSA) is 53.4 Å². The van der Waals surface area contributed by atoms with E-state index in [1.807, 2.05) is 41.8 Å². The van der Waals surface area contributed by atoms with Crippen LogP contribution in [0.2, 0.25) is 0 Å². The molecule has 1 heterocycles. The summed E-state index contributed by atoms with van der Waals surface area (Å²) in [6.45, 7) is 4.74. The van der Waals surface area contributed by atoms with Gasteiger partial charge in [-0.25, -0.2) is 4.98 Å². The Hall–Kier alpha value is -2.66. The standard InChI is InChI=1S/C21H22N2O2S/c1-14(2)20-22-18(13-26-20)12-23(3)21(25)17-6-4-15(5-7-17)16-8-10-19(24)11-9-16/h4-11,13-14,24H,12H2,1-3H3. The van der Waals surface area contributed by atoms with Crippen LogP contribution in [0.15, 0.2) is 53.9 Å². The fraction of sp³-hybridized carbons (Fsp3) is 0.238. The number of carbonyl (C=O) groups is 1. The molecule has 0 atom stereocenters. The average Bonchev–Trinajstić information content (AvgIpc) is 3.11. The lowest BCUT2D eigenvalue weighted by molar-refractivity contribution is 0.0783. The number of hydrogen-bond acceptors (Lipinski definition) is 4. The van der Waals surface area contributed by atoms with Crippen LogP contribution in [0.4, 0.5) is 0 Å². The lowest BCUT2D eigenvalue weighted by Crippen LogP contribution is -2.26. The van der Waals surface area contributed by atoms with E-state index in [1.54, 1.807) is 35.4 Å². The average molecular weight is 366 g/mol. The number of thiazole rings is 1. The molecule has 1 amide bonds. The highest BCUT2D eigenvalue weighted by atomic mass is 32.1. The first-order valence-electron chi connectivity index (χ1n) is 8.53. The minimum Gasteiger partial charge on any atom is -0.508 e. The molecule has 1 N–H and O–H groups in total. The molecule has 0 aliphatic rings. The molecule has 2 aromatic carbocycles. The SMILES string of the molecule is CC(C)c1nc(CN(C)C(=O)c2ccc(-c3ccc(O)cc3)cc2)cs1. The Balaban J connectivity index is 1.69. The highest BCUT2D eigenvalue weighted by Crippen LogP contribution is 2.23. The van der Waals surface area contributed by atoms with Crippen molar-refractivity contribution in [3.05, 3.63) is 70.2 Å². The van der Waals surface area contributed by atoms with E-state index in [1.165, 1.54) is 0 Å². The van der Waals surface area contributed by atoms with Gasteiger partial charge in [0, 0.05) is 23.9 Å². The molecule has 0 bridgehead atoms. The van der Waals surface area contributed by atoms with E-state index in [9.17, 15) is 9.90 Å². The van der Waals surface area contributed by atoms with Crippen molar-refractivity contribution >= 4 is 17.2 Å². The van der Waals surface area contributed by atoms with Gasteiger partial charge in [0.1, 0.15) is 5.75 Å². The summed E-state index contributed by atoms with van der Waals surface area (Å²) in [5.41, 5.74) is 3.58. The third kappa shape index (κ3) is 4.11. The van der Waals surface area contributed by atoms with Crippen LogP contribution in [-0.4, -0.2) is 27.9 Å². The third-order valence-corrected chi connectivity index (χ3v) is 5.34. The molecule has 0 spiro atoms. The van der Waals surface area contributed by atoms with Gasteiger partial charge in [-0.3, -0.25) is 4.79 Å². The van der Waals surface area contributed by atoms with Gasteiger partial charge in [-0.05, 0) is 35.4 Å². The van der Waals surface area contributed by atoms with Crippen molar-refractivity contribution in [2.24, 2.45) is 0 Å². The molecule has 0 unspecified atom stereocenters. The van der Waals surface area contributed by atoms with Crippen molar-refractivity contribution in [3.8, 4) is 16.9 Å². The fourth-order valence-corrected chi connectivity index (χ4v) is 3.48. The number of nitrogens with zero attached hydrogens (tertiary/aromatic N) is 2. The highest BCUT2D eigenvalue weighted by molar-refractivity contribution is 7.09. The molecule has 1 aromatic heterocycles. The molecule has 0 saturated carbocycles. The van der Waals surface area contributed by atoms with E-state index in [0.717, 1.165) is 21.8 Å². The number of hydrogen-bond donors (Lipinski definition) is 1. The smallest absolute Gasteiger partial charge is 0.253 e. The largest absolute Gasteiger partial charge is 0.508 e. The van der Waals surface area contributed by atoms with Crippen LogP contribution >= 0.6 is 11.3 Å². The zero-order valence-electron chi connectivity index (χ0n) is 15.1. The Morgan fingerprint density at radius 2 is 1.65 bits per heavy atom. The van der Waals surface area contributed by atoms with E-state index in [2.05, 4.69) is 18.8 Å². The lowest BCUT2D eigenvalue weighted by Gasteiger charge is -2.16. The Morgan fingerprint density at radius 1 is 1.08 bits per heavy atom. The summed E-state index contributed by atoms with van der Waals surface area (Å²) < 4.78 is 0. The Bertz CT molecular complexity index is 883. The molecule has 134 valence electrons. The number of rotatable bonds is 5. The van der Waals surface area contributed by atoms with Crippen LogP contribution in [0.1, 0.15) is 40.8 Å². The monoisotopic (exact) mass is 366 g/mol. The van der Waals surface area contributed by atoms with Gasteiger partial charge >= 0.3 is 0 Å². The number of benzene rings is 2. The molecule has 0 aliphatic heterocycles. The van der Waals surface area contributed by atoms with Crippen LogP contribution in [0.5, 0.6) is 5.75 Å². The van der Waals surface area contributed by atoms with Gasteiger partial charge in [-0.2, -0.15) is 0 Å². The summed E-state index contributed by atoms with van der Waals surface area (Å²) >= 11 is 1.64. The number of aromatic nitrogens is 1. The summed E-state index contributed by atoms with van der Waals surface area (Å²) in [5, 5.41) is 12.5. The van der Waals surface area contributed by atoms with E-state index in [-0.39, 0.29) is 11.7 Å². The summed E-state index contributed by atoms with van der Waals surface area (Å²) in [7, 11) is 1.80. The van der Waals surface area contributed by atoms with Crippen molar-refractivity contribution in [1.29, 1.82) is 0 Å². The van der Waals surface area contributed by atoms with Crippen molar-refractivity contribution < 1.29 is 9.90 Å². The van der Waals surface area contributed by atoms with Gasteiger partial charge in [0.2, 0.25) is 0 Å². The molecule has 0 saturated heterocycles. The highest BCUT2D eigenvalue weighted by Gasteiger charge is 2.14. The van der Waals surface area contributed by atoms with Gasteiger partial charge in [-0.1, -0.05) is 38.1 Å². The molecule has 0 radical (unpaired) electrons. The number of amides is 1. The van der Waals surface area contributed by atoms with Crippen molar-refractivity contribution in [1.82, 2.24) is 9.88 Å². The minimum atomic E-state index is -0.0265. The number of carbonyl (C=O) groups excluding carboxylic acids is 1. The van der Waals surface area contributed by atoms with Gasteiger partial charge in [0.25, 0.3) is 5.91 Å². The zero-order valence-corrected chi connectivity index (χ0v) is 16.0. The summed E-state index contributed by atoms with van der Waals surface area (Å²) in [5.74, 6) is 0.619. The second-order valence-corrected chi connectivity index (χ2v) is 7.51. The number of phenolic OH excluding ortho intramolecular Hbond substituents is 1. The molecular formula is C21H22N2O2S. The van der Waals surface area contributed by atoms with E-state index in [0.29, 0.717) is 18.0 Å². The zero-order chi connectivity index (χ0) is 18.7. The third-order valence-electron chi connectivity index (χ3n) is 4.14. The van der Waals surface area contributed by atoms with Crippen LogP contribution in [0, 0.1) is 0 Å². The molecule has 0 fully saturated rings. The summed E-state index contributed by atoms with van der Waals surface area (Å²) in [4.78, 5) is 18.9. The second-order valence-electron chi connectivity index (χ2n) is 6.62. The van der Waals surface area contributed by atoms with Crippen molar-refractivity contribution in [3.63, 3.8) is 0 Å². The first-order valence-corrected chi connectivity index (χ1v) is 9.41. The van der Waals surface area contributed by atoms with Gasteiger partial charge in [0.15, 0.2) is 0 Å². The normalized spacial score (nSPS) is 10.9. The molecule has 5 heteroatoms. The van der Waals surface area contributed by atoms with E-state index >= 15 is 0 Å². The summed E-state index contributed by atoms with van der Waals surface area (Å²) in [6, 6.07) is 14.5. The maximum Gasteiger partial charge on any atom is 0.253 e. The maximum atomic E-state index is 12.7. The molecule has 4 nitrogen and oxygen atoms in total. The molecule has 0 aliphatic carbocycles.